The minimum absolute atomic E-state index is 0. The Bertz CT molecular complexity index is 621. The van der Waals surface area contributed by atoms with E-state index in [9.17, 15) is 4.79 Å². The summed E-state index contributed by atoms with van der Waals surface area (Å²) in [6, 6.07) is 7.79. The van der Waals surface area contributed by atoms with Crippen LogP contribution in [0.2, 0.25) is 0 Å². The number of amides is 1. The summed E-state index contributed by atoms with van der Waals surface area (Å²) in [6.45, 7) is 5.74. The summed E-state index contributed by atoms with van der Waals surface area (Å²) in [5.74, 6) is 1.48. The maximum atomic E-state index is 12.0. The quantitative estimate of drug-likeness (QED) is 0.842. The number of halogens is 1. The van der Waals surface area contributed by atoms with Crippen molar-refractivity contribution in [2.75, 3.05) is 20.2 Å². The van der Waals surface area contributed by atoms with E-state index in [2.05, 4.69) is 17.1 Å². The lowest BCUT2D eigenvalue weighted by molar-refractivity contribution is -0.164. The van der Waals surface area contributed by atoms with Gasteiger partial charge in [0, 0.05) is 26.4 Å². The van der Waals surface area contributed by atoms with Gasteiger partial charge in [0.05, 0.1) is 12.6 Å². The Kier molecular flexibility index (Phi) is 6.80. The van der Waals surface area contributed by atoms with Crippen molar-refractivity contribution in [1.82, 2.24) is 10.2 Å². The van der Waals surface area contributed by atoms with Gasteiger partial charge in [0.25, 0.3) is 0 Å². The second kappa shape index (κ2) is 8.49. The topological polar surface area (TPSA) is 50.8 Å². The van der Waals surface area contributed by atoms with E-state index in [1.807, 2.05) is 24.3 Å². The molecule has 3 rings (SSSR count). The third kappa shape index (κ3) is 3.79. The highest BCUT2D eigenvalue weighted by molar-refractivity contribution is 5.85. The van der Waals surface area contributed by atoms with E-state index in [4.69, 9.17) is 9.47 Å². The molecule has 6 heteroatoms. The van der Waals surface area contributed by atoms with E-state index in [-0.39, 0.29) is 18.3 Å². The first-order chi connectivity index (χ1) is 12.0. The summed E-state index contributed by atoms with van der Waals surface area (Å²) in [5, 5.41) is 3.24. The maximum Gasteiger partial charge on any atom is 0.217 e. The molecule has 5 nitrogen and oxygen atoms in total. The number of benzene rings is 1. The summed E-state index contributed by atoms with van der Waals surface area (Å²) < 4.78 is 12.3. The molecule has 1 saturated carbocycles. The number of hydrogen-bond acceptors (Lipinski definition) is 4. The highest BCUT2D eigenvalue weighted by atomic mass is 35.5. The molecule has 2 unspecified atom stereocenters. The van der Waals surface area contributed by atoms with Gasteiger partial charge in [-0.25, -0.2) is 0 Å². The molecule has 2 fully saturated rings. The van der Waals surface area contributed by atoms with E-state index in [0.717, 1.165) is 50.3 Å². The van der Waals surface area contributed by atoms with Gasteiger partial charge in [0.2, 0.25) is 5.91 Å². The number of hydrogen-bond donors (Lipinski definition) is 1. The lowest BCUT2D eigenvalue weighted by Gasteiger charge is -2.55. The molecule has 0 bridgehead atoms. The number of rotatable bonds is 5. The number of carbonyl (C=O) groups is 1. The van der Waals surface area contributed by atoms with Crippen molar-refractivity contribution in [3.8, 4) is 11.5 Å². The van der Waals surface area contributed by atoms with Crippen LogP contribution in [0, 0.1) is 0 Å². The number of likely N-dealkylation sites (tertiary alicyclic amines) is 1. The standard InChI is InChI=1S/C20H30N2O3.ClH/c1-16(23)21-19(2)12-6-7-13-20(19,22-14-8-9-15-22)25-18-11-5-4-10-17(18)24-3;/h4-5,10-11H,6-9,12-15H2,1-3H3,(H,21,23);1H. The normalized spacial score (nSPS) is 28.9. The van der Waals surface area contributed by atoms with Crippen molar-refractivity contribution in [3.63, 3.8) is 0 Å². The minimum atomic E-state index is -0.540. The Balaban J connectivity index is 0.00000243. The largest absolute Gasteiger partial charge is 0.493 e. The van der Waals surface area contributed by atoms with E-state index >= 15 is 0 Å². The highest BCUT2D eigenvalue weighted by Gasteiger charge is 2.57. The number of carbonyl (C=O) groups excluding carboxylic acids is 1. The molecule has 1 amide bonds. The first-order valence-corrected chi connectivity index (χ1v) is 9.37. The average molecular weight is 383 g/mol. The SMILES string of the molecule is COc1ccccc1OC1(N2CCCC2)CCCCC1(C)NC(C)=O.Cl. The smallest absolute Gasteiger partial charge is 0.217 e. The third-order valence-corrected chi connectivity index (χ3v) is 5.72. The maximum absolute atomic E-state index is 12.0. The third-order valence-electron chi connectivity index (χ3n) is 5.72. The summed E-state index contributed by atoms with van der Waals surface area (Å²) >= 11 is 0. The van der Waals surface area contributed by atoms with Gasteiger partial charge in [-0.15, -0.1) is 12.4 Å². The first kappa shape index (κ1) is 20.8. The minimum Gasteiger partial charge on any atom is -0.493 e. The van der Waals surface area contributed by atoms with E-state index in [1.54, 1.807) is 14.0 Å². The zero-order chi connectivity index (χ0) is 17.9. The molecular weight excluding hydrogens is 352 g/mol. The molecule has 1 aromatic rings. The van der Waals surface area contributed by atoms with Gasteiger partial charge in [0.1, 0.15) is 0 Å². The van der Waals surface area contributed by atoms with Crippen LogP contribution in [0.1, 0.15) is 52.4 Å². The fraction of sp³-hybridized carbons (Fsp3) is 0.650. The number of nitrogens with zero attached hydrogens (tertiary/aromatic N) is 1. The van der Waals surface area contributed by atoms with E-state index in [0.29, 0.717) is 0 Å². The van der Waals surface area contributed by atoms with Gasteiger partial charge in [-0.2, -0.15) is 0 Å². The van der Waals surface area contributed by atoms with Gasteiger partial charge in [-0.05, 0) is 44.7 Å². The molecule has 1 heterocycles. The van der Waals surface area contributed by atoms with Gasteiger partial charge in [0.15, 0.2) is 17.2 Å². The summed E-state index contributed by atoms with van der Waals surface area (Å²) in [6.07, 6.45) is 6.36. The summed E-state index contributed by atoms with van der Waals surface area (Å²) in [4.78, 5) is 14.4. The molecule has 26 heavy (non-hydrogen) atoms. The Morgan fingerprint density at radius 2 is 1.69 bits per heavy atom. The van der Waals surface area contributed by atoms with Crippen LogP contribution in [0.5, 0.6) is 11.5 Å². The Labute approximate surface area is 162 Å². The molecule has 0 spiro atoms. The first-order valence-electron chi connectivity index (χ1n) is 9.37. The zero-order valence-corrected chi connectivity index (χ0v) is 16.9. The van der Waals surface area contributed by atoms with Crippen LogP contribution in [-0.2, 0) is 4.79 Å². The number of ether oxygens (including phenoxy) is 2. The van der Waals surface area contributed by atoms with Crippen LogP contribution < -0.4 is 14.8 Å². The molecule has 1 N–H and O–H groups in total. The van der Waals surface area contributed by atoms with Crippen molar-refractivity contribution in [2.45, 2.75) is 63.6 Å². The average Bonchev–Trinajstić information content (AvgIpc) is 3.12. The lowest BCUT2D eigenvalue weighted by atomic mass is 9.74. The van der Waals surface area contributed by atoms with Crippen LogP contribution >= 0.6 is 12.4 Å². The summed E-state index contributed by atoms with van der Waals surface area (Å²) in [5.41, 5.74) is -0.968. The van der Waals surface area contributed by atoms with Crippen molar-refractivity contribution in [1.29, 1.82) is 0 Å². The van der Waals surface area contributed by atoms with Crippen molar-refractivity contribution >= 4 is 18.3 Å². The molecule has 2 atom stereocenters. The second-order valence-electron chi connectivity index (χ2n) is 7.45. The fourth-order valence-corrected chi connectivity index (χ4v) is 4.56. The van der Waals surface area contributed by atoms with E-state index < -0.39 is 11.3 Å². The molecule has 0 aromatic heterocycles. The Hall–Kier alpha value is -1.46. The van der Waals surface area contributed by atoms with Crippen LogP contribution in [0.3, 0.4) is 0 Å². The molecule has 1 saturated heterocycles. The number of para-hydroxylation sites is 2. The number of nitrogens with one attached hydrogen (secondary N) is 1. The molecule has 1 aromatic carbocycles. The predicted molar refractivity (Wildman–Crippen MR) is 105 cm³/mol. The fourth-order valence-electron chi connectivity index (χ4n) is 4.56. The molecule has 1 aliphatic carbocycles. The highest BCUT2D eigenvalue weighted by Crippen LogP contribution is 2.46. The monoisotopic (exact) mass is 382 g/mol. The molecule has 0 radical (unpaired) electrons. The molecule has 146 valence electrons. The lowest BCUT2D eigenvalue weighted by Crippen LogP contribution is -2.73. The Morgan fingerprint density at radius 3 is 2.31 bits per heavy atom. The van der Waals surface area contributed by atoms with E-state index in [1.165, 1.54) is 12.8 Å². The second-order valence-corrected chi connectivity index (χ2v) is 7.45. The van der Waals surface area contributed by atoms with Crippen LogP contribution in [0.25, 0.3) is 0 Å². The van der Waals surface area contributed by atoms with Gasteiger partial charge < -0.3 is 14.8 Å². The summed E-state index contributed by atoms with van der Waals surface area (Å²) in [7, 11) is 1.67. The van der Waals surface area contributed by atoms with Gasteiger partial charge in [-0.3, -0.25) is 9.69 Å². The van der Waals surface area contributed by atoms with Crippen LogP contribution in [0.15, 0.2) is 24.3 Å². The Morgan fingerprint density at radius 1 is 1.08 bits per heavy atom. The van der Waals surface area contributed by atoms with Crippen molar-refractivity contribution in [2.24, 2.45) is 0 Å². The van der Waals surface area contributed by atoms with Crippen LogP contribution in [0.4, 0.5) is 0 Å². The van der Waals surface area contributed by atoms with Crippen molar-refractivity contribution < 1.29 is 14.3 Å². The van der Waals surface area contributed by atoms with Gasteiger partial charge >= 0.3 is 0 Å². The zero-order valence-electron chi connectivity index (χ0n) is 16.0. The van der Waals surface area contributed by atoms with Crippen molar-refractivity contribution in [3.05, 3.63) is 24.3 Å². The molecule has 2 aliphatic rings. The molecular formula is C20H31ClN2O3. The number of methoxy groups -OCH3 is 1. The predicted octanol–water partition coefficient (Wildman–Crippen LogP) is 3.76. The van der Waals surface area contributed by atoms with Gasteiger partial charge in [-0.1, -0.05) is 18.6 Å². The molecule has 1 aliphatic heterocycles. The van der Waals surface area contributed by atoms with Crippen LogP contribution in [-0.4, -0.2) is 42.3 Å².